The number of likely N-dealkylation sites (tertiary alicyclic amines) is 1. The molecule has 1 fully saturated rings. The van der Waals surface area contributed by atoms with E-state index in [0.717, 1.165) is 38.0 Å². The van der Waals surface area contributed by atoms with E-state index in [9.17, 15) is 8.42 Å². The Hall–Kier alpha value is -1.51. The lowest BCUT2D eigenvalue weighted by molar-refractivity contribution is 0.245. The van der Waals surface area contributed by atoms with Gasteiger partial charge in [-0.2, -0.15) is 8.42 Å². The number of rotatable bonds is 10. The molecule has 0 radical (unpaired) electrons. The highest BCUT2D eigenvalue weighted by molar-refractivity contribution is 7.81. The minimum absolute atomic E-state index is 0.122. The molecule has 1 aliphatic rings. The minimum atomic E-state index is -4.68. The predicted octanol–water partition coefficient (Wildman–Crippen LogP) is 2.94. The van der Waals surface area contributed by atoms with E-state index in [2.05, 4.69) is 11.8 Å². The van der Waals surface area contributed by atoms with Crippen molar-refractivity contribution in [2.75, 3.05) is 33.4 Å². The molecule has 2 rings (SSSR count). The van der Waals surface area contributed by atoms with Gasteiger partial charge in [0.2, 0.25) is 5.75 Å². The Morgan fingerprint density at radius 3 is 2.46 bits per heavy atom. The molecule has 148 valence electrons. The molecule has 0 saturated carbocycles. The van der Waals surface area contributed by atoms with Gasteiger partial charge in [-0.05, 0) is 56.0 Å². The molecule has 1 unspecified atom stereocenters. The number of benzene rings is 1. The molecule has 8 heteroatoms. The van der Waals surface area contributed by atoms with Crippen molar-refractivity contribution in [2.24, 2.45) is 5.92 Å². The monoisotopic (exact) mass is 387 g/mol. The van der Waals surface area contributed by atoms with Crippen LogP contribution in [0.15, 0.2) is 12.1 Å². The van der Waals surface area contributed by atoms with Crippen LogP contribution in [0.25, 0.3) is 0 Å². The van der Waals surface area contributed by atoms with E-state index in [0.29, 0.717) is 12.5 Å². The van der Waals surface area contributed by atoms with E-state index >= 15 is 0 Å². The fourth-order valence-electron chi connectivity index (χ4n) is 2.86. The standard InChI is InChI=1S/C18H29NO6S/c1-4-14(2)13-24-17-12-15(7-10-19-8-5-6-9-19)11-16(23-3)18(17)25-26(20,21)22/h11-12,14H,4-10,13H2,1-3H3,(H,20,21,22). The van der Waals surface area contributed by atoms with E-state index in [1.807, 2.05) is 6.92 Å². The van der Waals surface area contributed by atoms with Crippen molar-refractivity contribution in [2.45, 2.75) is 39.5 Å². The molecule has 7 nitrogen and oxygen atoms in total. The van der Waals surface area contributed by atoms with Crippen LogP contribution in [0.5, 0.6) is 17.2 Å². The van der Waals surface area contributed by atoms with Gasteiger partial charge in [-0.3, -0.25) is 4.55 Å². The molecule has 0 aliphatic carbocycles. The normalized spacial score (nSPS) is 16.5. The Labute approximate surface area is 156 Å². The van der Waals surface area contributed by atoms with Crippen LogP contribution in [0.3, 0.4) is 0 Å². The Morgan fingerprint density at radius 1 is 1.23 bits per heavy atom. The molecule has 1 atom stereocenters. The van der Waals surface area contributed by atoms with E-state index in [-0.39, 0.29) is 17.2 Å². The molecule has 1 aromatic rings. The molecule has 1 aromatic carbocycles. The van der Waals surface area contributed by atoms with Crippen molar-refractivity contribution in [1.29, 1.82) is 0 Å². The summed E-state index contributed by atoms with van der Waals surface area (Å²) >= 11 is 0. The van der Waals surface area contributed by atoms with Crippen molar-refractivity contribution in [1.82, 2.24) is 4.90 Å². The van der Waals surface area contributed by atoms with Gasteiger partial charge in [-0.1, -0.05) is 20.3 Å². The third kappa shape index (κ3) is 6.34. The maximum absolute atomic E-state index is 11.2. The first kappa shape index (κ1) is 20.8. The lowest BCUT2D eigenvalue weighted by Gasteiger charge is -2.19. The van der Waals surface area contributed by atoms with Crippen LogP contribution >= 0.6 is 0 Å². The van der Waals surface area contributed by atoms with Gasteiger partial charge in [0, 0.05) is 6.54 Å². The summed E-state index contributed by atoms with van der Waals surface area (Å²) in [5.74, 6) is 0.662. The zero-order valence-corrected chi connectivity index (χ0v) is 16.5. The molecule has 1 heterocycles. The second kappa shape index (κ2) is 9.43. The summed E-state index contributed by atoms with van der Waals surface area (Å²) in [6.07, 6.45) is 4.18. The third-order valence-corrected chi connectivity index (χ3v) is 5.00. The van der Waals surface area contributed by atoms with Gasteiger partial charge in [-0.25, -0.2) is 0 Å². The average molecular weight is 387 g/mol. The maximum Gasteiger partial charge on any atom is 0.446 e. The van der Waals surface area contributed by atoms with Gasteiger partial charge >= 0.3 is 10.4 Å². The number of methoxy groups -OCH3 is 1. The van der Waals surface area contributed by atoms with Gasteiger partial charge in [-0.15, -0.1) is 0 Å². The fraction of sp³-hybridized carbons (Fsp3) is 0.667. The number of ether oxygens (including phenoxy) is 2. The number of nitrogens with zero attached hydrogens (tertiary/aromatic N) is 1. The summed E-state index contributed by atoms with van der Waals surface area (Å²) in [4.78, 5) is 2.40. The summed E-state index contributed by atoms with van der Waals surface area (Å²) in [5, 5.41) is 0. The second-order valence-electron chi connectivity index (χ2n) is 6.76. The predicted molar refractivity (Wildman–Crippen MR) is 99.5 cm³/mol. The number of hydrogen-bond acceptors (Lipinski definition) is 6. The molecule has 0 spiro atoms. The van der Waals surface area contributed by atoms with Crippen LogP contribution in [0.2, 0.25) is 0 Å². The first-order valence-corrected chi connectivity index (χ1v) is 10.4. The lowest BCUT2D eigenvalue weighted by atomic mass is 10.1. The fourth-order valence-corrected chi connectivity index (χ4v) is 3.24. The highest BCUT2D eigenvalue weighted by Gasteiger charge is 2.21. The molecule has 1 aliphatic heterocycles. The quantitative estimate of drug-likeness (QED) is 0.618. The van der Waals surface area contributed by atoms with Gasteiger partial charge < -0.3 is 18.6 Å². The summed E-state index contributed by atoms with van der Waals surface area (Å²) in [5.41, 5.74) is 0.968. The highest BCUT2D eigenvalue weighted by Crippen LogP contribution is 2.40. The highest BCUT2D eigenvalue weighted by atomic mass is 32.3. The van der Waals surface area contributed by atoms with E-state index in [1.165, 1.54) is 20.0 Å². The van der Waals surface area contributed by atoms with Crippen molar-refractivity contribution in [3.63, 3.8) is 0 Å². The van der Waals surface area contributed by atoms with Crippen molar-refractivity contribution >= 4 is 10.4 Å². The first-order chi connectivity index (χ1) is 12.3. The van der Waals surface area contributed by atoms with Crippen LogP contribution in [0, 0.1) is 5.92 Å². The van der Waals surface area contributed by atoms with E-state index < -0.39 is 10.4 Å². The summed E-state index contributed by atoms with van der Waals surface area (Å²) < 4.78 is 47.3. The molecule has 1 N–H and O–H groups in total. The van der Waals surface area contributed by atoms with E-state index in [4.69, 9.17) is 18.2 Å². The van der Waals surface area contributed by atoms with Crippen LogP contribution in [0.4, 0.5) is 0 Å². The maximum atomic E-state index is 11.2. The zero-order valence-electron chi connectivity index (χ0n) is 15.7. The first-order valence-electron chi connectivity index (χ1n) is 9.05. The van der Waals surface area contributed by atoms with Crippen molar-refractivity contribution < 1.29 is 26.6 Å². The zero-order chi connectivity index (χ0) is 19.2. The molecule has 0 bridgehead atoms. The van der Waals surface area contributed by atoms with Crippen molar-refractivity contribution in [3.05, 3.63) is 17.7 Å². The molecule has 26 heavy (non-hydrogen) atoms. The van der Waals surface area contributed by atoms with Gasteiger partial charge in [0.1, 0.15) is 0 Å². The molecule has 1 saturated heterocycles. The molecule has 0 amide bonds. The Balaban J connectivity index is 2.25. The van der Waals surface area contributed by atoms with E-state index in [1.54, 1.807) is 12.1 Å². The second-order valence-corrected chi connectivity index (χ2v) is 7.78. The SMILES string of the molecule is CCC(C)COc1cc(CCN2CCCC2)cc(OC)c1OS(=O)(=O)O. The van der Waals surface area contributed by atoms with Crippen molar-refractivity contribution in [3.8, 4) is 17.2 Å². The van der Waals surface area contributed by atoms with Gasteiger partial charge in [0.05, 0.1) is 13.7 Å². The van der Waals surface area contributed by atoms with Crippen LogP contribution < -0.4 is 13.7 Å². The Morgan fingerprint density at radius 2 is 1.88 bits per heavy atom. The number of hydrogen-bond donors (Lipinski definition) is 1. The minimum Gasteiger partial charge on any atom is -0.493 e. The van der Waals surface area contributed by atoms with Crippen LogP contribution in [0.1, 0.15) is 38.7 Å². The largest absolute Gasteiger partial charge is 0.493 e. The van der Waals surface area contributed by atoms with Crippen LogP contribution in [-0.4, -0.2) is 51.2 Å². The Kier molecular flexibility index (Phi) is 7.55. The average Bonchev–Trinajstić information content (AvgIpc) is 3.11. The topological polar surface area (TPSA) is 85.3 Å². The lowest BCUT2D eigenvalue weighted by Crippen LogP contribution is -2.22. The summed E-state index contributed by atoms with van der Waals surface area (Å²) in [6.45, 7) is 7.65. The van der Waals surface area contributed by atoms with Gasteiger partial charge in [0.15, 0.2) is 11.5 Å². The third-order valence-electron chi connectivity index (χ3n) is 4.62. The molecule has 0 aromatic heterocycles. The molecular weight excluding hydrogens is 358 g/mol. The molecular formula is C18H29NO6S. The van der Waals surface area contributed by atoms with Gasteiger partial charge in [0.25, 0.3) is 0 Å². The Bertz CT molecular complexity index is 685. The van der Waals surface area contributed by atoms with Crippen LogP contribution in [-0.2, 0) is 16.8 Å². The smallest absolute Gasteiger partial charge is 0.446 e. The summed E-state index contributed by atoms with van der Waals surface area (Å²) in [7, 11) is -3.26. The summed E-state index contributed by atoms with van der Waals surface area (Å²) in [6, 6.07) is 3.49.